The number of nitrogens with zero attached hydrogens (tertiary/aromatic N) is 1. The Bertz CT molecular complexity index is 776. The van der Waals surface area contributed by atoms with E-state index in [1.165, 1.54) is 30.0 Å². The maximum Gasteiger partial charge on any atom is 0.338 e. The van der Waals surface area contributed by atoms with Gasteiger partial charge in [-0.25, -0.2) is 14.0 Å². The van der Waals surface area contributed by atoms with Crippen molar-refractivity contribution in [1.29, 1.82) is 0 Å². The Morgan fingerprint density at radius 2 is 2.11 bits per heavy atom. The van der Waals surface area contributed by atoms with Crippen molar-refractivity contribution in [2.45, 2.75) is 32.7 Å². The first-order valence-corrected chi connectivity index (χ1v) is 8.75. The number of esters is 1. The van der Waals surface area contributed by atoms with E-state index in [0.29, 0.717) is 0 Å². The summed E-state index contributed by atoms with van der Waals surface area (Å²) in [5, 5.41) is 13.2. The SMILES string of the molecule is CCOC(=O)C1=C(C)N(CCCC(=O)[O-])C(=O)N[C@H]1c1c(F)cccc1Cl. The third-order valence-electron chi connectivity index (χ3n) is 4.14. The Kier molecular flexibility index (Phi) is 6.79. The van der Waals surface area contributed by atoms with Crippen LogP contribution in [0.15, 0.2) is 29.5 Å². The van der Waals surface area contributed by atoms with Gasteiger partial charge in [-0.2, -0.15) is 0 Å². The zero-order valence-corrected chi connectivity index (χ0v) is 15.6. The van der Waals surface area contributed by atoms with Gasteiger partial charge in [-0.3, -0.25) is 4.90 Å². The summed E-state index contributed by atoms with van der Waals surface area (Å²) >= 11 is 6.11. The fourth-order valence-electron chi connectivity index (χ4n) is 2.91. The number of carbonyl (C=O) groups excluding carboxylic acids is 3. The van der Waals surface area contributed by atoms with Crippen LogP contribution in [0.2, 0.25) is 5.02 Å². The normalized spacial score (nSPS) is 17.0. The second-order valence-electron chi connectivity index (χ2n) is 5.86. The monoisotopic (exact) mass is 397 g/mol. The Balaban J connectivity index is 2.48. The summed E-state index contributed by atoms with van der Waals surface area (Å²) in [5.41, 5.74) is 0.251. The second-order valence-corrected chi connectivity index (χ2v) is 6.27. The molecule has 0 bridgehead atoms. The molecule has 9 heteroatoms. The molecule has 1 aliphatic heterocycles. The van der Waals surface area contributed by atoms with Crippen molar-refractivity contribution in [1.82, 2.24) is 10.2 Å². The third kappa shape index (κ3) is 4.57. The molecule has 0 radical (unpaired) electrons. The van der Waals surface area contributed by atoms with E-state index in [4.69, 9.17) is 16.3 Å². The number of ether oxygens (including phenoxy) is 1. The molecular weight excluding hydrogens is 379 g/mol. The van der Waals surface area contributed by atoms with E-state index < -0.39 is 29.8 Å². The molecule has 7 nitrogen and oxygen atoms in total. The molecule has 2 rings (SSSR count). The Hall–Kier alpha value is -2.61. The molecule has 0 saturated carbocycles. The van der Waals surface area contributed by atoms with Gasteiger partial charge in [0.05, 0.1) is 18.2 Å². The highest BCUT2D eigenvalue weighted by molar-refractivity contribution is 6.31. The number of amides is 2. The van der Waals surface area contributed by atoms with E-state index in [-0.39, 0.29) is 47.8 Å². The summed E-state index contributed by atoms with van der Waals surface area (Å²) in [7, 11) is 0. The van der Waals surface area contributed by atoms with Crippen LogP contribution in [-0.4, -0.2) is 36.0 Å². The van der Waals surface area contributed by atoms with Crippen molar-refractivity contribution in [3.8, 4) is 0 Å². The number of carboxylic acids is 1. The smallest absolute Gasteiger partial charge is 0.338 e. The molecule has 146 valence electrons. The minimum atomic E-state index is -1.24. The molecule has 1 N–H and O–H groups in total. The Morgan fingerprint density at radius 1 is 1.41 bits per heavy atom. The van der Waals surface area contributed by atoms with Crippen LogP contribution in [0.1, 0.15) is 38.3 Å². The van der Waals surface area contributed by atoms with Crippen LogP contribution < -0.4 is 10.4 Å². The molecule has 0 unspecified atom stereocenters. The lowest BCUT2D eigenvalue weighted by atomic mass is 9.94. The van der Waals surface area contributed by atoms with Gasteiger partial charge in [-0.05, 0) is 38.8 Å². The first kappa shape index (κ1) is 20.7. The number of carbonyl (C=O) groups is 3. The van der Waals surface area contributed by atoms with Crippen molar-refractivity contribution in [3.05, 3.63) is 45.9 Å². The fraction of sp³-hybridized carbons (Fsp3) is 0.389. The van der Waals surface area contributed by atoms with Crippen LogP contribution in [0.5, 0.6) is 0 Å². The lowest BCUT2D eigenvalue weighted by molar-refractivity contribution is -0.305. The topological polar surface area (TPSA) is 98.8 Å². The van der Waals surface area contributed by atoms with E-state index >= 15 is 0 Å². The van der Waals surface area contributed by atoms with Gasteiger partial charge in [-0.15, -0.1) is 0 Å². The van der Waals surface area contributed by atoms with Crippen molar-refractivity contribution < 1.29 is 28.6 Å². The second kappa shape index (κ2) is 8.85. The van der Waals surface area contributed by atoms with Crippen molar-refractivity contribution in [3.63, 3.8) is 0 Å². The number of carboxylic acid groups (broad SMARTS) is 1. The molecule has 1 aliphatic rings. The minimum absolute atomic E-state index is 0.0377. The number of nitrogens with one attached hydrogen (secondary N) is 1. The predicted octanol–water partition coefficient (Wildman–Crippen LogP) is 1.91. The van der Waals surface area contributed by atoms with Gasteiger partial charge in [0, 0.05) is 28.8 Å². The summed E-state index contributed by atoms with van der Waals surface area (Å²) in [4.78, 5) is 36.9. The highest BCUT2D eigenvalue weighted by Crippen LogP contribution is 2.36. The first-order valence-electron chi connectivity index (χ1n) is 8.37. The number of aliphatic carboxylic acids is 1. The number of hydrogen-bond donors (Lipinski definition) is 1. The average molecular weight is 398 g/mol. The molecule has 1 atom stereocenters. The average Bonchev–Trinajstić information content (AvgIpc) is 2.57. The molecule has 1 aromatic rings. The van der Waals surface area contributed by atoms with Crippen LogP contribution in [0.25, 0.3) is 0 Å². The van der Waals surface area contributed by atoms with Gasteiger partial charge in [0.25, 0.3) is 0 Å². The molecule has 0 aliphatic carbocycles. The molecule has 0 spiro atoms. The van der Waals surface area contributed by atoms with Crippen molar-refractivity contribution >= 4 is 29.6 Å². The summed E-state index contributed by atoms with van der Waals surface area (Å²) in [5.74, 6) is -2.63. The Labute approximate surface area is 160 Å². The van der Waals surface area contributed by atoms with Gasteiger partial charge < -0.3 is 20.0 Å². The van der Waals surface area contributed by atoms with E-state index in [9.17, 15) is 23.9 Å². The molecule has 2 amide bonds. The number of allylic oxidation sites excluding steroid dienone is 1. The quantitative estimate of drug-likeness (QED) is 0.708. The Morgan fingerprint density at radius 3 is 2.70 bits per heavy atom. The summed E-state index contributed by atoms with van der Waals surface area (Å²) < 4.78 is 19.5. The third-order valence-corrected chi connectivity index (χ3v) is 4.47. The van der Waals surface area contributed by atoms with Gasteiger partial charge in [0.1, 0.15) is 5.82 Å². The molecular formula is C18H19ClFN2O5-. The maximum atomic E-state index is 14.4. The highest BCUT2D eigenvalue weighted by Gasteiger charge is 2.38. The lowest BCUT2D eigenvalue weighted by Gasteiger charge is -2.35. The molecule has 0 saturated heterocycles. The molecule has 1 aromatic carbocycles. The van der Waals surface area contributed by atoms with Crippen molar-refractivity contribution in [2.24, 2.45) is 0 Å². The minimum Gasteiger partial charge on any atom is -0.550 e. The van der Waals surface area contributed by atoms with Gasteiger partial charge in [0.15, 0.2) is 0 Å². The van der Waals surface area contributed by atoms with Crippen LogP contribution in [0.4, 0.5) is 9.18 Å². The largest absolute Gasteiger partial charge is 0.550 e. The number of halogens is 2. The first-order chi connectivity index (χ1) is 12.8. The number of hydrogen-bond acceptors (Lipinski definition) is 5. The number of urea groups is 1. The maximum absolute atomic E-state index is 14.4. The number of rotatable bonds is 7. The van der Waals surface area contributed by atoms with Crippen LogP contribution in [0.3, 0.4) is 0 Å². The zero-order chi connectivity index (χ0) is 20.1. The zero-order valence-electron chi connectivity index (χ0n) is 14.9. The molecule has 0 aromatic heterocycles. The summed E-state index contributed by atoms with van der Waals surface area (Å²) in [6.07, 6.45) is -0.108. The summed E-state index contributed by atoms with van der Waals surface area (Å²) in [6.45, 7) is 3.28. The fourth-order valence-corrected chi connectivity index (χ4v) is 3.18. The number of benzene rings is 1. The van der Waals surface area contributed by atoms with Gasteiger partial charge in [-0.1, -0.05) is 17.7 Å². The van der Waals surface area contributed by atoms with E-state index in [1.54, 1.807) is 6.92 Å². The summed E-state index contributed by atoms with van der Waals surface area (Å²) in [6, 6.07) is 2.33. The van der Waals surface area contributed by atoms with Crippen LogP contribution >= 0.6 is 11.6 Å². The van der Waals surface area contributed by atoms with Gasteiger partial charge in [0.2, 0.25) is 0 Å². The highest BCUT2D eigenvalue weighted by atomic mass is 35.5. The lowest BCUT2D eigenvalue weighted by Crippen LogP contribution is -2.48. The molecule has 0 fully saturated rings. The van der Waals surface area contributed by atoms with Crippen LogP contribution in [-0.2, 0) is 14.3 Å². The van der Waals surface area contributed by atoms with Crippen LogP contribution in [0, 0.1) is 5.82 Å². The van der Waals surface area contributed by atoms with E-state index in [0.717, 1.165) is 0 Å². The van der Waals surface area contributed by atoms with Crippen molar-refractivity contribution in [2.75, 3.05) is 13.2 Å². The van der Waals surface area contributed by atoms with E-state index in [2.05, 4.69) is 5.32 Å². The molecule has 1 heterocycles. The van der Waals surface area contributed by atoms with E-state index in [1.807, 2.05) is 0 Å². The standard InChI is InChI=1S/C18H20ClFN2O5/c1-3-27-17(25)14-10(2)22(9-5-8-13(23)24)18(26)21-16(14)15-11(19)6-4-7-12(15)20/h4,6-7,16H,3,5,8-9H2,1-2H3,(H,21,26)(H,23,24)/p-1/t16-/m1/s1. The van der Waals surface area contributed by atoms with Gasteiger partial charge >= 0.3 is 12.0 Å². The molecule has 27 heavy (non-hydrogen) atoms. The predicted molar refractivity (Wildman–Crippen MR) is 93.0 cm³/mol.